The Hall–Kier alpha value is -2.16. The zero-order valence-corrected chi connectivity index (χ0v) is 15.3. The number of ether oxygens (including phenoxy) is 1. The number of methoxy groups -OCH3 is 1. The summed E-state index contributed by atoms with van der Waals surface area (Å²) in [5.74, 6) is 0.619. The van der Waals surface area contributed by atoms with Crippen LogP contribution in [0.3, 0.4) is 0 Å². The van der Waals surface area contributed by atoms with Crippen LogP contribution in [0.5, 0.6) is 5.75 Å². The van der Waals surface area contributed by atoms with Crippen molar-refractivity contribution in [2.45, 2.75) is 24.9 Å². The number of allylic oxidation sites excluding steroid dienone is 1. The Morgan fingerprint density at radius 3 is 2.64 bits per heavy atom. The van der Waals surface area contributed by atoms with Gasteiger partial charge in [-0.2, -0.15) is 5.10 Å². The first-order chi connectivity index (χ1) is 12.0. The third-order valence-corrected chi connectivity index (χ3v) is 5.12. The number of hydrogen-bond donors (Lipinski definition) is 2. The van der Waals surface area contributed by atoms with E-state index in [0.717, 1.165) is 11.3 Å². The first-order valence-corrected chi connectivity index (χ1v) is 9.43. The second-order valence-corrected chi connectivity index (χ2v) is 7.27. The van der Waals surface area contributed by atoms with Gasteiger partial charge in [-0.25, -0.2) is 13.1 Å². The summed E-state index contributed by atoms with van der Waals surface area (Å²) in [6, 6.07) is 6.28. The Labute approximate surface area is 148 Å². The molecule has 0 amide bonds. The predicted octanol–water partition coefficient (Wildman–Crippen LogP) is 1.45. The summed E-state index contributed by atoms with van der Waals surface area (Å²) in [5, 5.41) is 7.59. The van der Waals surface area contributed by atoms with Crippen molar-refractivity contribution >= 4 is 10.0 Å². The molecule has 2 aromatic rings. The molecule has 0 saturated carbocycles. The molecule has 136 valence electrons. The highest BCUT2D eigenvalue weighted by Crippen LogP contribution is 2.15. The van der Waals surface area contributed by atoms with Gasteiger partial charge in [0.2, 0.25) is 10.0 Å². The molecule has 2 rings (SSSR count). The van der Waals surface area contributed by atoms with Gasteiger partial charge in [0.25, 0.3) is 0 Å². The minimum atomic E-state index is -3.51. The fourth-order valence-electron chi connectivity index (χ4n) is 2.29. The van der Waals surface area contributed by atoms with Gasteiger partial charge in [-0.1, -0.05) is 6.08 Å². The van der Waals surface area contributed by atoms with E-state index < -0.39 is 10.0 Å². The average Bonchev–Trinajstić information content (AvgIpc) is 2.94. The molecule has 0 atom stereocenters. The van der Waals surface area contributed by atoms with Gasteiger partial charge in [0, 0.05) is 31.4 Å². The van der Waals surface area contributed by atoms with Crippen molar-refractivity contribution in [2.75, 3.05) is 20.2 Å². The SMILES string of the molecule is C=CCn1cc(CNCCNS(=O)(=O)c2ccc(OC)cc2)c(C)n1. The van der Waals surface area contributed by atoms with Crippen LogP contribution in [-0.4, -0.2) is 38.4 Å². The summed E-state index contributed by atoms with van der Waals surface area (Å²) in [6.07, 6.45) is 3.75. The normalized spacial score (nSPS) is 11.4. The minimum Gasteiger partial charge on any atom is -0.497 e. The average molecular weight is 364 g/mol. The van der Waals surface area contributed by atoms with E-state index in [2.05, 4.69) is 21.7 Å². The molecule has 0 aliphatic carbocycles. The van der Waals surface area contributed by atoms with E-state index in [-0.39, 0.29) is 4.90 Å². The standard InChI is InChI=1S/C17H24N4O3S/c1-4-11-21-13-15(14(2)20-21)12-18-9-10-19-25(22,23)17-7-5-16(24-3)6-8-17/h4-8,13,18-19H,1,9-12H2,2-3H3. The van der Waals surface area contributed by atoms with Gasteiger partial charge in [0.15, 0.2) is 0 Å². The number of aryl methyl sites for hydroxylation is 1. The van der Waals surface area contributed by atoms with Crippen molar-refractivity contribution < 1.29 is 13.2 Å². The summed E-state index contributed by atoms with van der Waals surface area (Å²) in [7, 11) is -1.98. The molecule has 0 unspecified atom stereocenters. The highest BCUT2D eigenvalue weighted by atomic mass is 32.2. The molecule has 0 aliphatic rings. The maximum Gasteiger partial charge on any atom is 0.240 e. The zero-order chi connectivity index (χ0) is 18.3. The maximum absolute atomic E-state index is 12.2. The van der Waals surface area contributed by atoms with E-state index in [1.165, 1.54) is 19.2 Å². The Bertz CT molecular complexity index is 798. The first kappa shape index (κ1) is 19.2. The number of nitrogens with zero attached hydrogens (tertiary/aromatic N) is 2. The van der Waals surface area contributed by atoms with Crippen LogP contribution >= 0.6 is 0 Å². The molecule has 0 radical (unpaired) electrons. The van der Waals surface area contributed by atoms with Gasteiger partial charge in [-0.05, 0) is 31.2 Å². The van der Waals surface area contributed by atoms with Crippen molar-refractivity contribution in [2.24, 2.45) is 0 Å². The number of aromatic nitrogens is 2. The van der Waals surface area contributed by atoms with E-state index in [1.54, 1.807) is 18.2 Å². The molecule has 25 heavy (non-hydrogen) atoms. The molecule has 0 fully saturated rings. The Balaban J connectivity index is 1.79. The van der Waals surface area contributed by atoms with E-state index >= 15 is 0 Å². The largest absolute Gasteiger partial charge is 0.497 e. The molecule has 2 N–H and O–H groups in total. The fourth-order valence-corrected chi connectivity index (χ4v) is 3.33. The van der Waals surface area contributed by atoms with Gasteiger partial charge in [0.1, 0.15) is 5.75 Å². The molecular weight excluding hydrogens is 340 g/mol. The van der Waals surface area contributed by atoms with Crippen molar-refractivity contribution in [1.29, 1.82) is 0 Å². The van der Waals surface area contributed by atoms with Crippen LogP contribution < -0.4 is 14.8 Å². The van der Waals surface area contributed by atoms with E-state index in [1.807, 2.05) is 17.8 Å². The fraction of sp³-hybridized carbons (Fsp3) is 0.353. The van der Waals surface area contributed by atoms with Gasteiger partial charge in [-0.15, -0.1) is 6.58 Å². The van der Waals surface area contributed by atoms with E-state index in [9.17, 15) is 8.42 Å². The van der Waals surface area contributed by atoms with Crippen LogP contribution in [0.25, 0.3) is 0 Å². The predicted molar refractivity (Wildman–Crippen MR) is 97.1 cm³/mol. The smallest absolute Gasteiger partial charge is 0.240 e. The summed E-state index contributed by atoms with van der Waals surface area (Å²) >= 11 is 0. The van der Waals surface area contributed by atoms with Gasteiger partial charge < -0.3 is 10.1 Å². The minimum absolute atomic E-state index is 0.217. The van der Waals surface area contributed by atoms with Crippen LogP contribution in [-0.2, 0) is 23.1 Å². The molecule has 7 nitrogen and oxygen atoms in total. The molecule has 0 saturated heterocycles. The van der Waals surface area contributed by atoms with E-state index in [0.29, 0.717) is 31.9 Å². The van der Waals surface area contributed by atoms with Crippen molar-refractivity contribution in [3.05, 3.63) is 54.4 Å². The quantitative estimate of drug-likeness (QED) is 0.492. The van der Waals surface area contributed by atoms with E-state index in [4.69, 9.17) is 4.74 Å². The highest BCUT2D eigenvalue weighted by molar-refractivity contribution is 7.89. The maximum atomic E-state index is 12.2. The van der Waals surface area contributed by atoms with Gasteiger partial charge in [-0.3, -0.25) is 4.68 Å². The van der Waals surface area contributed by atoms with Crippen LogP contribution in [0.1, 0.15) is 11.3 Å². The third-order valence-electron chi connectivity index (χ3n) is 3.64. The molecule has 1 heterocycles. The lowest BCUT2D eigenvalue weighted by molar-refractivity contribution is 0.414. The topological polar surface area (TPSA) is 85.2 Å². The molecule has 8 heteroatoms. The number of hydrogen-bond acceptors (Lipinski definition) is 5. The lowest BCUT2D eigenvalue weighted by Gasteiger charge is -2.08. The second kappa shape index (κ2) is 8.80. The van der Waals surface area contributed by atoms with Crippen LogP contribution in [0.4, 0.5) is 0 Å². The van der Waals surface area contributed by atoms with Crippen molar-refractivity contribution in [1.82, 2.24) is 19.8 Å². The Morgan fingerprint density at radius 2 is 2.00 bits per heavy atom. The Kier molecular flexibility index (Phi) is 6.74. The van der Waals surface area contributed by atoms with Crippen LogP contribution in [0.15, 0.2) is 48.0 Å². The third kappa shape index (κ3) is 5.42. The second-order valence-electron chi connectivity index (χ2n) is 5.50. The Morgan fingerprint density at radius 1 is 1.28 bits per heavy atom. The number of benzene rings is 1. The summed E-state index contributed by atoms with van der Waals surface area (Å²) < 4.78 is 33.8. The van der Waals surface area contributed by atoms with Crippen molar-refractivity contribution in [3.8, 4) is 5.75 Å². The highest BCUT2D eigenvalue weighted by Gasteiger charge is 2.13. The summed E-state index contributed by atoms with van der Waals surface area (Å²) in [5.41, 5.74) is 2.04. The van der Waals surface area contributed by atoms with Crippen molar-refractivity contribution in [3.63, 3.8) is 0 Å². The molecule has 0 spiro atoms. The monoisotopic (exact) mass is 364 g/mol. The molecular formula is C17H24N4O3S. The zero-order valence-electron chi connectivity index (χ0n) is 14.5. The van der Waals surface area contributed by atoms with Crippen LogP contribution in [0, 0.1) is 6.92 Å². The summed E-state index contributed by atoms with van der Waals surface area (Å²) in [4.78, 5) is 0.217. The number of sulfonamides is 1. The lowest BCUT2D eigenvalue weighted by atomic mass is 10.2. The van der Waals surface area contributed by atoms with Crippen LogP contribution in [0.2, 0.25) is 0 Å². The number of rotatable bonds is 10. The van der Waals surface area contributed by atoms with Gasteiger partial charge >= 0.3 is 0 Å². The molecule has 1 aromatic heterocycles. The molecule has 1 aromatic carbocycles. The first-order valence-electron chi connectivity index (χ1n) is 7.94. The lowest BCUT2D eigenvalue weighted by Crippen LogP contribution is -2.31. The number of nitrogens with one attached hydrogen (secondary N) is 2. The van der Waals surface area contributed by atoms with Gasteiger partial charge in [0.05, 0.1) is 24.2 Å². The molecule has 0 aliphatic heterocycles. The molecule has 0 bridgehead atoms. The summed E-state index contributed by atoms with van der Waals surface area (Å²) in [6.45, 7) is 7.75.